The third-order valence-corrected chi connectivity index (χ3v) is 2.72. The molecule has 1 aromatic carbocycles. The van der Waals surface area contributed by atoms with Crippen LogP contribution in [0.4, 0.5) is 0 Å². The predicted molar refractivity (Wildman–Crippen MR) is 66.1 cm³/mol. The second-order valence-corrected chi connectivity index (χ2v) is 4.01. The Hall–Kier alpha value is -1.87. The minimum absolute atomic E-state index is 0.0107. The van der Waals surface area contributed by atoms with Gasteiger partial charge in [-0.25, -0.2) is 0 Å². The zero-order valence-electron chi connectivity index (χ0n) is 9.76. The molecule has 88 valence electrons. The number of hydrogen-bond donors (Lipinski definition) is 1. The van der Waals surface area contributed by atoms with Crippen LogP contribution in [0.25, 0.3) is 0 Å². The maximum atomic E-state index is 12.2. The van der Waals surface area contributed by atoms with Crippen molar-refractivity contribution in [2.75, 3.05) is 6.61 Å². The fourth-order valence-corrected chi connectivity index (χ4v) is 1.78. The molecule has 1 aromatic heterocycles. The average molecular weight is 229 g/mol. The number of benzene rings is 1. The van der Waals surface area contributed by atoms with Crippen LogP contribution in [0, 0.1) is 6.92 Å². The highest BCUT2D eigenvalue weighted by molar-refractivity contribution is 6.08. The third-order valence-electron chi connectivity index (χ3n) is 2.72. The fraction of sp³-hybridized carbons (Fsp3) is 0.214. The van der Waals surface area contributed by atoms with Crippen LogP contribution in [-0.2, 0) is 6.54 Å². The van der Waals surface area contributed by atoms with Crippen molar-refractivity contribution >= 4 is 5.78 Å². The molecule has 3 heteroatoms. The van der Waals surface area contributed by atoms with E-state index in [1.807, 2.05) is 37.3 Å². The van der Waals surface area contributed by atoms with Gasteiger partial charge in [-0.3, -0.25) is 4.79 Å². The molecule has 0 saturated heterocycles. The number of hydrogen-bond acceptors (Lipinski definition) is 2. The SMILES string of the molecule is Cc1ccc(C(=O)c2cccn2CCO)cc1. The fourth-order valence-electron chi connectivity index (χ4n) is 1.78. The third kappa shape index (κ3) is 2.45. The van der Waals surface area contributed by atoms with Crippen molar-refractivity contribution in [1.82, 2.24) is 4.57 Å². The number of aromatic nitrogens is 1. The van der Waals surface area contributed by atoms with Gasteiger partial charge in [-0.15, -0.1) is 0 Å². The molecule has 1 heterocycles. The number of ketones is 1. The summed E-state index contributed by atoms with van der Waals surface area (Å²) in [7, 11) is 0. The van der Waals surface area contributed by atoms with Crippen LogP contribution in [0.1, 0.15) is 21.6 Å². The first kappa shape index (κ1) is 11.6. The van der Waals surface area contributed by atoms with Gasteiger partial charge in [-0.1, -0.05) is 29.8 Å². The summed E-state index contributed by atoms with van der Waals surface area (Å²) in [5, 5.41) is 8.92. The lowest BCUT2D eigenvalue weighted by atomic mass is 10.1. The highest BCUT2D eigenvalue weighted by atomic mass is 16.3. The first-order valence-electron chi connectivity index (χ1n) is 5.60. The Bertz CT molecular complexity index is 511. The van der Waals surface area contributed by atoms with Gasteiger partial charge in [0.15, 0.2) is 0 Å². The van der Waals surface area contributed by atoms with Crippen LogP contribution in [-0.4, -0.2) is 22.1 Å². The molecule has 0 atom stereocenters. The molecule has 0 aliphatic rings. The highest BCUT2D eigenvalue weighted by Gasteiger charge is 2.12. The predicted octanol–water partition coefficient (Wildman–Crippen LogP) is 2.02. The van der Waals surface area contributed by atoms with Crippen molar-refractivity contribution in [3.63, 3.8) is 0 Å². The first-order valence-corrected chi connectivity index (χ1v) is 5.60. The number of nitrogens with zero attached hydrogens (tertiary/aromatic N) is 1. The Kier molecular flexibility index (Phi) is 3.40. The van der Waals surface area contributed by atoms with Crippen molar-refractivity contribution in [3.8, 4) is 0 Å². The van der Waals surface area contributed by atoms with E-state index in [9.17, 15) is 4.79 Å². The summed E-state index contributed by atoms with van der Waals surface area (Å²) in [6.07, 6.45) is 1.80. The number of carbonyl (C=O) groups is 1. The molecule has 3 nitrogen and oxygen atoms in total. The van der Waals surface area contributed by atoms with Gasteiger partial charge in [0.25, 0.3) is 0 Å². The van der Waals surface area contributed by atoms with Gasteiger partial charge < -0.3 is 9.67 Å². The highest BCUT2D eigenvalue weighted by Crippen LogP contribution is 2.11. The number of rotatable bonds is 4. The van der Waals surface area contributed by atoms with E-state index in [4.69, 9.17) is 5.11 Å². The van der Waals surface area contributed by atoms with Crippen molar-refractivity contribution in [3.05, 3.63) is 59.4 Å². The van der Waals surface area contributed by atoms with Crippen molar-refractivity contribution < 1.29 is 9.90 Å². The zero-order valence-corrected chi connectivity index (χ0v) is 9.76. The van der Waals surface area contributed by atoms with Crippen LogP contribution in [0.5, 0.6) is 0 Å². The molecule has 1 N–H and O–H groups in total. The molecule has 2 rings (SSSR count). The summed E-state index contributed by atoms with van der Waals surface area (Å²) in [6.45, 7) is 2.46. The first-order chi connectivity index (χ1) is 8.22. The standard InChI is InChI=1S/C14H15NO2/c1-11-4-6-12(7-5-11)14(17)13-3-2-8-15(13)9-10-16/h2-8,16H,9-10H2,1H3. The van der Waals surface area contributed by atoms with E-state index in [1.54, 1.807) is 16.8 Å². The van der Waals surface area contributed by atoms with Crippen molar-refractivity contribution in [2.24, 2.45) is 0 Å². The Morgan fingerprint density at radius 3 is 2.59 bits per heavy atom. The number of carbonyl (C=O) groups excluding carboxylic acids is 1. The summed E-state index contributed by atoms with van der Waals surface area (Å²) in [4.78, 5) is 12.2. The molecule has 0 aliphatic carbocycles. The van der Waals surface area contributed by atoms with E-state index < -0.39 is 0 Å². The van der Waals surface area contributed by atoms with Gasteiger partial charge in [-0.05, 0) is 19.1 Å². The molecule has 0 aliphatic heterocycles. The maximum Gasteiger partial charge on any atom is 0.209 e. The van der Waals surface area contributed by atoms with Gasteiger partial charge in [0, 0.05) is 18.3 Å². The number of aliphatic hydroxyl groups excluding tert-OH is 1. The van der Waals surface area contributed by atoms with Gasteiger partial charge in [0.2, 0.25) is 5.78 Å². The number of aliphatic hydroxyl groups is 1. The molecule has 0 bridgehead atoms. The number of aryl methyl sites for hydroxylation is 1. The second-order valence-electron chi connectivity index (χ2n) is 4.01. The van der Waals surface area contributed by atoms with Crippen molar-refractivity contribution in [2.45, 2.75) is 13.5 Å². The minimum Gasteiger partial charge on any atom is -0.395 e. The molecule has 0 saturated carbocycles. The molecule has 0 fully saturated rings. The Labute approximate surface area is 100 Å². The average Bonchev–Trinajstić information content (AvgIpc) is 2.78. The lowest BCUT2D eigenvalue weighted by molar-refractivity contribution is 0.102. The van der Waals surface area contributed by atoms with Crippen LogP contribution in [0.3, 0.4) is 0 Å². The van der Waals surface area contributed by atoms with E-state index in [0.29, 0.717) is 17.8 Å². The summed E-state index contributed by atoms with van der Waals surface area (Å²) < 4.78 is 1.77. The van der Waals surface area contributed by atoms with E-state index >= 15 is 0 Å². The summed E-state index contributed by atoms with van der Waals surface area (Å²) in [5.41, 5.74) is 2.42. The lowest BCUT2D eigenvalue weighted by Crippen LogP contribution is -2.11. The molecular formula is C14H15NO2. The molecule has 0 spiro atoms. The molecule has 2 aromatic rings. The van der Waals surface area contributed by atoms with Gasteiger partial charge in [-0.2, -0.15) is 0 Å². The van der Waals surface area contributed by atoms with Crippen LogP contribution < -0.4 is 0 Å². The molecule has 0 unspecified atom stereocenters. The van der Waals surface area contributed by atoms with E-state index in [2.05, 4.69) is 0 Å². The van der Waals surface area contributed by atoms with Gasteiger partial charge in [0.1, 0.15) is 0 Å². The molecule has 17 heavy (non-hydrogen) atoms. The second kappa shape index (κ2) is 4.97. The van der Waals surface area contributed by atoms with E-state index in [-0.39, 0.29) is 12.4 Å². The van der Waals surface area contributed by atoms with Crippen LogP contribution in [0.2, 0.25) is 0 Å². The Morgan fingerprint density at radius 1 is 1.24 bits per heavy atom. The Balaban J connectivity index is 2.30. The largest absolute Gasteiger partial charge is 0.395 e. The quantitative estimate of drug-likeness (QED) is 0.815. The normalized spacial score (nSPS) is 10.5. The topological polar surface area (TPSA) is 42.2 Å². The molecule has 0 radical (unpaired) electrons. The van der Waals surface area contributed by atoms with E-state index in [0.717, 1.165) is 5.56 Å². The monoisotopic (exact) mass is 229 g/mol. The smallest absolute Gasteiger partial charge is 0.209 e. The van der Waals surface area contributed by atoms with Gasteiger partial charge in [0.05, 0.1) is 12.3 Å². The summed E-state index contributed by atoms with van der Waals surface area (Å²) in [5.74, 6) is -0.0107. The molecule has 0 amide bonds. The summed E-state index contributed by atoms with van der Waals surface area (Å²) >= 11 is 0. The van der Waals surface area contributed by atoms with Gasteiger partial charge >= 0.3 is 0 Å². The maximum absolute atomic E-state index is 12.2. The minimum atomic E-state index is -0.0107. The van der Waals surface area contributed by atoms with Crippen LogP contribution >= 0.6 is 0 Å². The molecular weight excluding hydrogens is 214 g/mol. The summed E-state index contributed by atoms with van der Waals surface area (Å²) in [6, 6.07) is 11.1. The van der Waals surface area contributed by atoms with Crippen molar-refractivity contribution in [1.29, 1.82) is 0 Å². The Morgan fingerprint density at radius 2 is 1.94 bits per heavy atom. The van der Waals surface area contributed by atoms with E-state index in [1.165, 1.54) is 0 Å². The lowest BCUT2D eigenvalue weighted by Gasteiger charge is -2.06. The van der Waals surface area contributed by atoms with Crippen LogP contribution in [0.15, 0.2) is 42.6 Å². The zero-order chi connectivity index (χ0) is 12.3.